The summed E-state index contributed by atoms with van der Waals surface area (Å²) in [5.74, 6) is 1.71. The maximum atomic E-state index is 9.48. The molecule has 0 saturated heterocycles. The van der Waals surface area contributed by atoms with Crippen LogP contribution in [0.3, 0.4) is 0 Å². The van der Waals surface area contributed by atoms with Gasteiger partial charge in [0.1, 0.15) is 17.0 Å². The van der Waals surface area contributed by atoms with E-state index in [-0.39, 0.29) is 55.0 Å². The van der Waals surface area contributed by atoms with E-state index in [4.69, 9.17) is 18.3 Å². The van der Waals surface area contributed by atoms with E-state index < -0.39 is 23.5 Å². The van der Waals surface area contributed by atoms with E-state index in [2.05, 4.69) is 182 Å². The van der Waals surface area contributed by atoms with Crippen LogP contribution in [0.1, 0.15) is 112 Å². The predicted octanol–water partition coefficient (Wildman–Crippen LogP) is 19.4. The molecule has 0 spiro atoms. The maximum absolute atomic E-state index is 9.48. The number of rotatable bonds is 7. The average molecular weight is 1190 g/mol. The van der Waals surface area contributed by atoms with Gasteiger partial charge >= 0.3 is 0 Å². The van der Waals surface area contributed by atoms with E-state index in [1.54, 1.807) is 0 Å². The third-order valence-corrected chi connectivity index (χ3v) is 14.8. The molecule has 0 N–H and O–H groups in total. The van der Waals surface area contributed by atoms with Crippen LogP contribution >= 0.6 is 0 Å². The molecule has 390 valence electrons. The molecule has 0 radical (unpaired) electrons. The Labute approximate surface area is 475 Å². The summed E-state index contributed by atoms with van der Waals surface area (Å²) in [7, 11) is 0. The topological polar surface area (TPSA) is 46.7 Å². The molecule has 0 aliphatic carbocycles. The SMILES string of the molecule is [2H]c1c([2H])c([2H])c(-c2cc(C(C)(C)C)cc(-c3cc(C(C)(C)C)cc(C(C)(C)C)c3)c2N2[CH-]N(c3[c-]c(Oc4[c-]c5c(cc4)c4c6oc7ccccc7c6ccc4n5-c4cc(C(C)(C)C)ccn4)ccc3)c3ccccc32)c([2H])c1[2H].[Pt]. The summed E-state index contributed by atoms with van der Waals surface area (Å²) in [5, 5.41) is 4.00. The number of pyridine rings is 1. The molecule has 6 nitrogen and oxygen atoms in total. The molecule has 77 heavy (non-hydrogen) atoms. The number of hydrogen-bond acceptors (Lipinski definition) is 5. The van der Waals surface area contributed by atoms with Crippen LogP contribution in [-0.2, 0) is 42.7 Å². The molecule has 0 unspecified atom stereocenters. The molecule has 0 fully saturated rings. The van der Waals surface area contributed by atoms with Crippen molar-refractivity contribution in [2.24, 2.45) is 0 Å². The molecule has 1 aliphatic heterocycles. The van der Waals surface area contributed by atoms with Gasteiger partial charge in [-0.25, -0.2) is 4.98 Å². The molecule has 7 heteroatoms. The molecule has 12 rings (SSSR count). The van der Waals surface area contributed by atoms with Gasteiger partial charge in [-0.2, -0.15) is 12.1 Å². The van der Waals surface area contributed by atoms with Crippen LogP contribution < -0.4 is 14.5 Å². The van der Waals surface area contributed by atoms with Crippen LogP contribution in [0.4, 0.5) is 22.7 Å². The van der Waals surface area contributed by atoms with Crippen LogP contribution in [-0.4, -0.2) is 9.55 Å². The number of benzene rings is 8. The summed E-state index contributed by atoms with van der Waals surface area (Å²) in [5.41, 5.74) is 12.3. The number of hydrogen-bond donors (Lipinski definition) is 0. The van der Waals surface area contributed by atoms with Crippen molar-refractivity contribution in [3.8, 4) is 39.6 Å². The van der Waals surface area contributed by atoms with Crippen molar-refractivity contribution < 1.29 is 37.1 Å². The molecule has 0 atom stereocenters. The minimum absolute atomic E-state index is 0. The zero-order valence-corrected chi connectivity index (χ0v) is 48.1. The Morgan fingerprint density at radius 1 is 0.545 bits per heavy atom. The molecule has 1 aliphatic rings. The van der Waals surface area contributed by atoms with Crippen LogP contribution in [0.15, 0.2) is 174 Å². The molecule has 11 aromatic rings. The quantitative estimate of drug-likeness (QED) is 0.149. The number of nitrogens with zero attached hydrogens (tertiary/aromatic N) is 4. The second kappa shape index (κ2) is 19.0. The van der Waals surface area contributed by atoms with E-state index >= 15 is 0 Å². The van der Waals surface area contributed by atoms with E-state index in [0.29, 0.717) is 28.4 Å². The number of aromatic nitrogens is 2. The summed E-state index contributed by atoms with van der Waals surface area (Å²) in [6, 6.07) is 51.1. The maximum Gasteiger partial charge on any atom is 0.135 e. The number of fused-ring (bicyclic) bond motifs is 8. The van der Waals surface area contributed by atoms with Crippen LogP contribution in [0, 0.1) is 18.8 Å². The van der Waals surface area contributed by atoms with E-state index in [1.165, 1.54) is 0 Å². The number of para-hydroxylation sites is 3. The van der Waals surface area contributed by atoms with Gasteiger partial charge in [0.25, 0.3) is 0 Å². The Bertz CT molecular complexity index is 4320. The summed E-state index contributed by atoms with van der Waals surface area (Å²) in [6.07, 6.45) is 1.87. The Balaban J connectivity index is 0.00000705. The van der Waals surface area contributed by atoms with Gasteiger partial charge in [-0.1, -0.05) is 173 Å². The molecule has 0 bridgehead atoms. The van der Waals surface area contributed by atoms with E-state index in [0.717, 1.165) is 94.3 Å². The zero-order chi connectivity index (χ0) is 57.4. The average Bonchev–Trinajstić information content (AvgIpc) is 4.25. The van der Waals surface area contributed by atoms with Crippen LogP contribution in [0.5, 0.6) is 11.5 Å². The standard InChI is InChI=1S/C70H65N4O2.Pt/c1-67(2,3)46-33-34-71-63(40-46)74-60-32-31-54-53-25-16-19-28-62(53)76-66(54)64(60)55-30-29-52(42-61(55)74)75-51-24-20-23-50(41-51)72-43-73(59-27-18-17-26-58(59)72)65-56(44-21-14-13-15-22-44)38-49(70(10,11)12)39-57(65)45-35-47(68(4,5)6)37-48(36-45)69(7,8)9;/h13-40,43H,1-12H3;/q-3;/i13D,14D,15D,21D,22D;. The summed E-state index contributed by atoms with van der Waals surface area (Å²) < 4.78 is 61.1. The minimum atomic E-state index is -0.441. The first-order valence-electron chi connectivity index (χ1n) is 28.7. The van der Waals surface area contributed by atoms with Gasteiger partial charge < -0.3 is 23.5 Å². The smallest absolute Gasteiger partial charge is 0.135 e. The first-order chi connectivity index (χ1) is 38.3. The zero-order valence-electron chi connectivity index (χ0n) is 50.8. The van der Waals surface area contributed by atoms with E-state index in [9.17, 15) is 2.74 Å². The van der Waals surface area contributed by atoms with Gasteiger partial charge in [0.15, 0.2) is 0 Å². The summed E-state index contributed by atoms with van der Waals surface area (Å²) in [6.45, 7) is 28.4. The first-order valence-corrected chi connectivity index (χ1v) is 26.2. The predicted molar refractivity (Wildman–Crippen MR) is 317 cm³/mol. The van der Waals surface area contributed by atoms with Gasteiger partial charge in [0.05, 0.1) is 6.85 Å². The van der Waals surface area contributed by atoms with Crippen molar-refractivity contribution in [3.63, 3.8) is 0 Å². The number of ether oxygens (including phenoxy) is 1. The van der Waals surface area contributed by atoms with Crippen LogP contribution in [0.25, 0.3) is 71.8 Å². The van der Waals surface area contributed by atoms with Crippen molar-refractivity contribution in [2.45, 2.75) is 105 Å². The van der Waals surface area contributed by atoms with Crippen molar-refractivity contribution >= 4 is 66.5 Å². The van der Waals surface area contributed by atoms with Gasteiger partial charge in [-0.05, 0) is 115 Å². The van der Waals surface area contributed by atoms with Crippen molar-refractivity contribution in [1.82, 2.24) is 9.55 Å². The molecular formula is C70H65N4O2Pt-3. The fourth-order valence-corrected chi connectivity index (χ4v) is 10.5. The molecule has 3 aromatic heterocycles. The monoisotopic (exact) mass is 1190 g/mol. The summed E-state index contributed by atoms with van der Waals surface area (Å²) >= 11 is 0. The Hall–Kier alpha value is -7.40. The fraction of sp³-hybridized carbons (Fsp3) is 0.229. The largest absolute Gasteiger partial charge is 0.509 e. The fourth-order valence-electron chi connectivity index (χ4n) is 10.5. The molecule has 0 saturated carbocycles. The van der Waals surface area contributed by atoms with Gasteiger partial charge in [-0.3, -0.25) is 0 Å². The molecular weight excluding hydrogens is 1120 g/mol. The van der Waals surface area contributed by atoms with Gasteiger partial charge in [0, 0.05) is 83.2 Å². The third kappa shape index (κ3) is 9.33. The van der Waals surface area contributed by atoms with Crippen molar-refractivity contribution in [1.29, 1.82) is 0 Å². The number of anilines is 4. The molecule has 4 heterocycles. The van der Waals surface area contributed by atoms with Gasteiger partial charge in [-0.15, -0.1) is 42.7 Å². The van der Waals surface area contributed by atoms with Crippen LogP contribution in [0.2, 0.25) is 0 Å². The normalized spacial score (nSPS) is 14.2. The Morgan fingerprint density at radius 3 is 1.84 bits per heavy atom. The van der Waals surface area contributed by atoms with E-state index in [1.807, 2.05) is 73.5 Å². The third-order valence-electron chi connectivity index (χ3n) is 14.8. The Morgan fingerprint density at radius 2 is 1.16 bits per heavy atom. The first kappa shape index (κ1) is 45.8. The second-order valence-electron chi connectivity index (χ2n) is 24.3. The second-order valence-corrected chi connectivity index (χ2v) is 24.3. The van der Waals surface area contributed by atoms with Crippen molar-refractivity contribution in [3.05, 3.63) is 211 Å². The van der Waals surface area contributed by atoms with Gasteiger partial charge in [0.2, 0.25) is 0 Å². The number of furan rings is 1. The Kier molecular flexibility index (Phi) is 11.3. The summed E-state index contributed by atoms with van der Waals surface area (Å²) in [4.78, 5) is 9.13. The minimum Gasteiger partial charge on any atom is -0.509 e. The molecule has 8 aromatic carbocycles. The van der Waals surface area contributed by atoms with Crippen molar-refractivity contribution in [2.75, 3.05) is 9.80 Å². The molecule has 0 amide bonds.